The van der Waals surface area contributed by atoms with Crippen LogP contribution >= 0.6 is 11.8 Å². The number of ketones is 3. The number of carbonyl (C=O) groups excluding carboxylic acids is 3. The van der Waals surface area contributed by atoms with Crippen molar-refractivity contribution in [3.63, 3.8) is 0 Å². The SMILES string of the molecule is CCC(=O)C1C(=O)CC(CCSc2ccc(C(F)(F)F)cc2)CC1=O. The van der Waals surface area contributed by atoms with Crippen molar-refractivity contribution < 1.29 is 27.6 Å². The molecule has 1 saturated carbocycles. The van der Waals surface area contributed by atoms with Gasteiger partial charge in [0.25, 0.3) is 0 Å². The molecule has 3 nitrogen and oxygen atoms in total. The van der Waals surface area contributed by atoms with Crippen LogP contribution in [0, 0.1) is 11.8 Å². The van der Waals surface area contributed by atoms with E-state index < -0.39 is 17.7 Å². The monoisotopic (exact) mass is 372 g/mol. The molecule has 0 saturated heterocycles. The molecule has 0 atom stereocenters. The highest BCUT2D eigenvalue weighted by molar-refractivity contribution is 7.99. The number of benzene rings is 1. The van der Waals surface area contributed by atoms with Crippen molar-refractivity contribution in [2.75, 3.05) is 5.75 Å². The molecular formula is C18H19F3O3S. The lowest BCUT2D eigenvalue weighted by Crippen LogP contribution is -2.38. The fourth-order valence-corrected chi connectivity index (χ4v) is 3.92. The summed E-state index contributed by atoms with van der Waals surface area (Å²) in [4.78, 5) is 36.4. The number of alkyl halides is 3. The average molecular weight is 372 g/mol. The summed E-state index contributed by atoms with van der Waals surface area (Å²) in [5.41, 5.74) is -0.688. The Morgan fingerprint density at radius 2 is 1.68 bits per heavy atom. The molecule has 1 aliphatic carbocycles. The first-order valence-corrected chi connectivity index (χ1v) is 9.09. The first-order chi connectivity index (χ1) is 11.7. The lowest BCUT2D eigenvalue weighted by molar-refractivity contribution is -0.143. The zero-order chi connectivity index (χ0) is 18.6. The second kappa shape index (κ2) is 8.17. The molecule has 136 valence electrons. The van der Waals surface area contributed by atoms with Gasteiger partial charge < -0.3 is 0 Å². The van der Waals surface area contributed by atoms with Crippen molar-refractivity contribution in [1.29, 1.82) is 0 Å². The summed E-state index contributed by atoms with van der Waals surface area (Å²) in [5.74, 6) is -1.48. The summed E-state index contributed by atoms with van der Waals surface area (Å²) in [6.45, 7) is 1.63. The van der Waals surface area contributed by atoms with Gasteiger partial charge in [-0.3, -0.25) is 14.4 Å². The van der Waals surface area contributed by atoms with Gasteiger partial charge >= 0.3 is 6.18 Å². The number of carbonyl (C=O) groups is 3. The molecule has 1 aliphatic rings. The van der Waals surface area contributed by atoms with Crippen LogP contribution in [-0.2, 0) is 20.6 Å². The van der Waals surface area contributed by atoms with E-state index in [1.54, 1.807) is 6.92 Å². The van der Waals surface area contributed by atoms with Gasteiger partial charge in [0.15, 0.2) is 17.3 Å². The maximum atomic E-state index is 12.5. The van der Waals surface area contributed by atoms with Gasteiger partial charge in [-0.25, -0.2) is 0 Å². The molecule has 1 fully saturated rings. The van der Waals surface area contributed by atoms with E-state index in [1.807, 2.05) is 0 Å². The Kier molecular flexibility index (Phi) is 6.43. The first-order valence-electron chi connectivity index (χ1n) is 8.10. The van der Waals surface area contributed by atoms with E-state index in [2.05, 4.69) is 0 Å². The summed E-state index contributed by atoms with van der Waals surface area (Å²) in [5, 5.41) is 0. The molecule has 0 aliphatic heterocycles. The molecule has 0 bridgehead atoms. The Bertz CT molecular complexity index is 635. The van der Waals surface area contributed by atoms with Crippen LogP contribution in [0.5, 0.6) is 0 Å². The molecule has 2 rings (SSSR count). The summed E-state index contributed by atoms with van der Waals surface area (Å²) in [6, 6.07) is 4.91. The first kappa shape index (κ1) is 19.7. The Morgan fingerprint density at radius 1 is 1.12 bits per heavy atom. The molecule has 1 aromatic carbocycles. The van der Waals surface area contributed by atoms with Gasteiger partial charge in [0.2, 0.25) is 0 Å². The maximum absolute atomic E-state index is 12.5. The van der Waals surface area contributed by atoms with Crippen LogP contribution in [-0.4, -0.2) is 23.1 Å². The minimum absolute atomic E-state index is 0.0946. The highest BCUT2D eigenvalue weighted by Crippen LogP contribution is 2.32. The quantitative estimate of drug-likeness (QED) is 0.551. The molecule has 25 heavy (non-hydrogen) atoms. The third-order valence-corrected chi connectivity index (χ3v) is 5.32. The number of Topliss-reactive ketones (excluding diaryl/α,β-unsaturated/α-hetero) is 3. The topological polar surface area (TPSA) is 51.2 Å². The Morgan fingerprint density at radius 3 is 2.16 bits per heavy atom. The molecule has 0 radical (unpaired) electrons. The molecule has 0 heterocycles. The average Bonchev–Trinajstić information content (AvgIpc) is 2.53. The van der Waals surface area contributed by atoms with Crippen molar-refractivity contribution in [1.82, 2.24) is 0 Å². The molecule has 7 heteroatoms. The Balaban J connectivity index is 1.84. The van der Waals surface area contributed by atoms with Crippen LogP contribution in [0.25, 0.3) is 0 Å². The van der Waals surface area contributed by atoms with Gasteiger partial charge in [-0.15, -0.1) is 11.8 Å². The van der Waals surface area contributed by atoms with E-state index in [1.165, 1.54) is 23.9 Å². The smallest absolute Gasteiger partial charge is 0.298 e. The summed E-state index contributed by atoms with van der Waals surface area (Å²) >= 11 is 1.39. The summed E-state index contributed by atoms with van der Waals surface area (Å²) < 4.78 is 37.5. The van der Waals surface area contributed by atoms with Crippen LogP contribution in [0.4, 0.5) is 13.2 Å². The minimum Gasteiger partial charge on any atom is -0.298 e. The standard InChI is InChI=1S/C18H19F3O3S/c1-2-14(22)17-15(23)9-11(10-16(17)24)7-8-25-13-5-3-12(4-6-13)18(19,20)21/h3-6,11,17H,2,7-10H2,1H3. The number of hydrogen-bond acceptors (Lipinski definition) is 4. The molecule has 0 aromatic heterocycles. The van der Waals surface area contributed by atoms with Crippen molar-refractivity contribution in [3.8, 4) is 0 Å². The van der Waals surface area contributed by atoms with Gasteiger partial charge in [0.1, 0.15) is 5.92 Å². The van der Waals surface area contributed by atoms with Crippen LogP contribution < -0.4 is 0 Å². The van der Waals surface area contributed by atoms with Gasteiger partial charge in [0.05, 0.1) is 5.56 Å². The van der Waals surface area contributed by atoms with Crippen LogP contribution in [0.1, 0.15) is 38.2 Å². The molecular weight excluding hydrogens is 353 g/mol. The predicted molar refractivity (Wildman–Crippen MR) is 88.3 cm³/mol. The second-order valence-corrected chi connectivity index (χ2v) is 7.29. The van der Waals surface area contributed by atoms with Gasteiger partial charge in [-0.05, 0) is 42.4 Å². The fourth-order valence-electron chi connectivity index (χ4n) is 2.91. The number of rotatable bonds is 6. The zero-order valence-electron chi connectivity index (χ0n) is 13.8. The van der Waals surface area contributed by atoms with Gasteiger partial charge in [-0.2, -0.15) is 13.2 Å². The van der Waals surface area contributed by atoms with E-state index in [-0.39, 0.29) is 42.5 Å². The molecule has 1 aromatic rings. The van der Waals surface area contributed by atoms with E-state index in [9.17, 15) is 27.6 Å². The lowest BCUT2D eigenvalue weighted by atomic mass is 9.76. The van der Waals surface area contributed by atoms with Crippen LogP contribution in [0.3, 0.4) is 0 Å². The van der Waals surface area contributed by atoms with Crippen molar-refractivity contribution >= 4 is 29.1 Å². The lowest BCUT2D eigenvalue weighted by Gasteiger charge is -2.25. The molecule has 0 amide bonds. The molecule has 0 spiro atoms. The highest BCUT2D eigenvalue weighted by Gasteiger charge is 2.38. The number of hydrogen-bond donors (Lipinski definition) is 0. The number of thioether (sulfide) groups is 1. The van der Waals surface area contributed by atoms with E-state index in [0.717, 1.165) is 12.1 Å². The van der Waals surface area contributed by atoms with E-state index in [4.69, 9.17) is 0 Å². The Hall–Kier alpha value is -1.63. The van der Waals surface area contributed by atoms with E-state index in [0.29, 0.717) is 17.1 Å². The van der Waals surface area contributed by atoms with Gasteiger partial charge in [-0.1, -0.05) is 6.92 Å². The van der Waals surface area contributed by atoms with E-state index >= 15 is 0 Å². The zero-order valence-corrected chi connectivity index (χ0v) is 14.6. The summed E-state index contributed by atoms with van der Waals surface area (Å²) in [6.07, 6.45) is -3.13. The summed E-state index contributed by atoms with van der Waals surface area (Å²) in [7, 11) is 0. The Labute approximate surface area is 148 Å². The fraction of sp³-hybridized carbons (Fsp3) is 0.500. The van der Waals surface area contributed by atoms with Gasteiger partial charge in [0, 0.05) is 24.2 Å². The maximum Gasteiger partial charge on any atom is 0.416 e. The highest BCUT2D eigenvalue weighted by atomic mass is 32.2. The van der Waals surface area contributed by atoms with Crippen LogP contribution in [0.2, 0.25) is 0 Å². The van der Waals surface area contributed by atoms with Crippen molar-refractivity contribution in [3.05, 3.63) is 29.8 Å². The third kappa shape index (κ3) is 5.17. The predicted octanol–water partition coefficient (Wildman–Crippen LogP) is 4.33. The second-order valence-electron chi connectivity index (χ2n) is 6.12. The van der Waals surface area contributed by atoms with Crippen molar-refractivity contribution in [2.45, 2.75) is 43.7 Å². The molecule has 0 unspecified atom stereocenters. The van der Waals surface area contributed by atoms with Crippen molar-refractivity contribution in [2.24, 2.45) is 11.8 Å². The minimum atomic E-state index is -4.35. The van der Waals surface area contributed by atoms with Crippen LogP contribution in [0.15, 0.2) is 29.2 Å². The number of halogens is 3. The third-order valence-electron chi connectivity index (χ3n) is 4.27. The normalized spacial score (nSPS) is 21.4. The largest absolute Gasteiger partial charge is 0.416 e. The molecule has 0 N–H and O–H groups in total.